The molecule has 1 amide bonds. The first kappa shape index (κ1) is 12.7. The van der Waals surface area contributed by atoms with Gasteiger partial charge < -0.3 is 4.74 Å². The number of ether oxygens (including phenoxy) is 1. The maximum Gasteiger partial charge on any atom is 0.307 e. The van der Waals surface area contributed by atoms with E-state index in [-0.39, 0.29) is 18.8 Å². The number of aromatic nitrogens is 1. The van der Waals surface area contributed by atoms with Crippen molar-refractivity contribution in [3.8, 4) is 5.75 Å². The Balaban J connectivity index is 2.27. The molecule has 8 heteroatoms. The van der Waals surface area contributed by atoms with Crippen LogP contribution in [0.15, 0.2) is 18.3 Å². The minimum atomic E-state index is -4.71. The van der Waals surface area contributed by atoms with Gasteiger partial charge in [-0.1, -0.05) is 0 Å². The molecule has 2 rings (SSSR count). The molecule has 0 bridgehead atoms. The van der Waals surface area contributed by atoms with Crippen LogP contribution in [0.2, 0.25) is 0 Å². The van der Waals surface area contributed by atoms with E-state index >= 15 is 0 Å². The summed E-state index contributed by atoms with van der Waals surface area (Å²) in [5, 5.41) is -1.32. The number of hydrogen-bond donors (Lipinski definition) is 0. The van der Waals surface area contributed by atoms with Crippen LogP contribution in [0, 0.1) is 0 Å². The van der Waals surface area contributed by atoms with Gasteiger partial charge in [-0.15, -0.1) is 3.89 Å². The number of pyridine rings is 1. The van der Waals surface area contributed by atoms with Crippen LogP contribution < -0.4 is 9.64 Å². The van der Waals surface area contributed by atoms with E-state index in [1.807, 2.05) is 0 Å². The first-order valence-corrected chi connectivity index (χ1v) is 6.60. The molecule has 0 aromatic carbocycles. The van der Waals surface area contributed by atoms with Gasteiger partial charge in [-0.3, -0.25) is 9.69 Å². The van der Waals surface area contributed by atoms with E-state index < -0.39 is 21.4 Å². The van der Waals surface area contributed by atoms with Crippen molar-refractivity contribution in [2.45, 2.75) is 11.7 Å². The number of amides is 1. The summed E-state index contributed by atoms with van der Waals surface area (Å²) in [6.45, 7) is -0.224. The summed E-state index contributed by atoms with van der Waals surface area (Å²) in [4.78, 5) is 16.7. The van der Waals surface area contributed by atoms with Gasteiger partial charge in [0.1, 0.15) is 16.8 Å². The number of methoxy groups -OCH3 is 1. The van der Waals surface area contributed by atoms with E-state index in [9.17, 15) is 17.1 Å². The summed E-state index contributed by atoms with van der Waals surface area (Å²) in [6.07, 6.45) is 1.07. The van der Waals surface area contributed by atoms with Gasteiger partial charge >= 0.3 is 10.2 Å². The van der Waals surface area contributed by atoms with Crippen LogP contribution in [0.25, 0.3) is 0 Å². The topological polar surface area (TPSA) is 76.6 Å². The van der Waals surface area contributed by atoms with Crippen molar-refractivity contribution >= 4 is 21.9 Å². The maximum absolute atomic E-state index is 12.9. The quantitative estimate of drug-likeness (QED) is 0.750. The Bertz CT molecular complexity index is 575. The smallest absolute Gasteiger partial charge is 0.307 e. The molecule has 1 aromatic heterocycles. The lowest BCUT2D eigenvalue weighted by Crippen LogP contribution is -2.27. The predicted molar refractivity (Wildman–Crippen MR) is 61.6 cm³/mol. The highest BCUT2D eigenvalue weighted by Gasteiger charge is 2.39. The van der Waals surface area contributed by atoms with Crippen LogP contribution in [0.1, 0.15) is 6.42 Å². The van der Waals surface area contributed by atoms with Crippen molar-refractivity contribution in [2.24, 2.45) is 0 Å². The van der Waals surface area contributed by atoms with Crippen molar-refractivity contribution in [3.63, 3.8) is 0 Å². The maximum atomic E-state index is 12.9. The van der Waals surface area contributed by atoms with E-state index in [0.29, 0.717) is 5.75 Å². The van der Waals surface area contributed by atoms with E-state index in [2.05, 4.69) is 4.98 Å². The minimum absolute atomic E-state index is 0.224. The number of carbonyl (C=O) groups is 1. The molecule has 1 aliphatic rings. The molecule has 0 aliphatic carbocycles. The zero-order valence-electron chi connectivity index (χ0n) is 9.54. The lowest BCUT2D eigenvalue weighted by Gasteiger charge is -2.15. The number of anilines is 1. The number of carbonyl (C=O) groups excluding carboxylic acids is 1. The fraction of sp³-hybridized carbons (Fsp3) is 0.400. The van der Waals surface area contributed by atoms with Crippen LogP contribution in [-0.4, -0.2) is 38.2 Å². The zero-order chi connectivity index (χ0) is 13.3. The van der Waals surface area contributed by atoms with Gasteiger partial charge in [0.05, 0.1) is 7.11 Å². The SMILES string of the molecule is COc1ccnc(N2CC(S(=O)(=O)F)CC2=O)c1. The number of halogens is 1. The van der Waals surface area contributed by atoms with Crippen LogP contribution >= 0.6 is 0 Å². The number of nitrogens with zero attached hydrogens (tertiary/aromatic N) is 2. The molecule has 1 aliphatic heterocycles. The standard InChI is InChI=1S/C10H11FN2O4S/c1-17-7-2-3-12-9(4-7)13-6-8(5-10(13)14)18(11,15)16/h2-4,8H,5-6H2,1H3. The first-order valence-electron chi connectivity index (χ1n) is 5.15. The summed E-state index contributed by atoms with van der Waals surface area (Å²) in [6, 6.07) is 3.08. The molecule has 18 heavy (non-hydrogen) atoms. The molecule has 1 atom stereocenters. The van der Waals surface area contributed by atoms with Crippen molar-refractivity contribution in [3.05, 3.63) is 18.3 Å². The monoisotopic (exact) mass is 274 g/mol. The van der Waals surface area contributed by atoms with Gasteiger partial charge in [-0.2, -0.15) is 8.42 Å². The molecule has 0 N–H and O–H groups in total. The molecular weight excluding hydrogens is 263 g/mol. The summed E-state index contributed by atoms with van der Waals surface area (Å²) >= 11 is 0. The fourth-order valence-corrected chi connectivity index (χ4v) is 2.43. The molecule has 0 spiro atoms. The first-order chi connectivity index (χ1) is 8.41. The molecule has 1 fully saturated rings. The van der Waals surface area contributed by atoms with Gasteiger partial charge in [-0.05, 0) is 6.07 Å². The Morgan fingerprint density at radius 2 is 2.28 bits per heavy atom. The van der Waals surface area contributed by atoms with Crippen LogP contribution in [-0.2, 0) is 15.0 Å². The van der Waals surface area contributed by atoms with Crippen molar-refractivity contribution in [1.82, 2.24) is 4.98 Å². The molecule has 0 radical (unpaired) electrons. The van der Waals surface area contributed by atoms with Gasteiger partial charge in [0, 0.05) is 25.2 Å². The molecule has 1 aromatic rings. The van der Waals surface area contributed by atoms with Crippen LogP contribution in [0.5, 0.6) is 5.75 Å². The molecule has 1 saturated heterocycles. The van der Waals surface area contributed by atoms with Gasteiger partial charge in [-0.25, -0.2) is 4.98 Å². The average molecular weight is 274 g/mol. The van der Waals surface area contributed by atoms with Crippen molar-refractivity contribution < 1.29 is 21.8 Å². The Kier molecular flexibility index (Phi) is 3.20. The lowest BCUT2D eigenvalue weighted by atomic mass is 10.4. The second kappa shape index (κ2) is 4.52. The Labute approximate surface area is 104 Å². The molecule has 6 nitrogen and oxygen atoms in total. The van der Waals surface area contributed by atoms with Gasteiger partial charge in [0.15, 0.2) is 0 Å². The van der Waals surface area contributed by atoms with E-state index in [1.165, 1.54) is 19.4 Å². The van der Waals surface area contributed by atoms with E-state index in [4.69, 9.17) is 4.74 Å². The third-order valence-electron chi connectivity index (χ3n) is 2.72. The highest BCUT2D eigenvalue weighted by Crippen LogP contribution is 2.26. The third kappa shape index (κ3) is 2.42. The molecule has 0 saturated carbocycles. The van der Waals surface area contributed by atoms with Crippen LogP contribution in [0.4, 0.5) is 9.70 Å². The fourth-order valence-electron chi connectivity index (χ4n) is 1.76. The van der Waals surface area contributed by atoms with Crippen LogP contribution in [0.3, 0.4) is 0 Å². The number of rotatable bonds is 3. The van der Waals surface area contributed by atoms with E-state index in [0.717, 1.165) is 4.90 Å². The highest BCUT2D eigenvalue weighted by atomic mass is 32.3. The second-order valence-corrected chi connectivity index (χ2v) is 5.48. The third-order valence-corrected chi connectivity index (χ3v) is 3.83. The summed E-state index contributed by atoms with van der Waals surface area (Å²) < 4.78 is 39.4. The van der Waals surface area contributed by atoms with Crippen molar-refractivity contribution in [2.75, 3.05) is 18.6 Å². The van der Waals surface area contributed by atoms with E-state index in [1.54, 1.807) is 6.07 Å². The largest absolute Gasteiger partial charge is 0.497 e. The molecule has 98 valence electrons. The van der Waals surface area contributed by atoms with Gasteiger partial charge in [0.25, 0.3) is 0 Å². The summed E-state index contributed by atoms with van der Waals surface area (Å²) in [5.41, 5.74) is 0. The number of hydrogen-bond acceptors (Lipinski definition) is 5. The Hall–Kier alpha value is -1.70. The summed E-state index contributed by atoms with van der Waals surface area (Å²) in [5.74, 6) is 0.270. The zero-order valence-corrected chi connectivity index (χ0v) is 10.4. The normalized spacial score (nSPS) is 20.2. The molecule has 1 unspecified atom stereocenters. The molecular formula is C10H11FN2O4S. The molecule has 2 heterocycles. The van der Waals surface area contributed by atoms with Crippen molar-refractivity contribution in [1.29, 1.82) is 0 Å². The Morgan fingerprint density at radius 1 is 1.56 bits per heavy atom. The predicted octanol–water partition coefficient (Wildman–Crippen LogP) is 0.495. The minimum Gasteiger partial charge on any atom is -0.497 e. The summed E-state index contributed by atoms with van der Waals surface area (Å²) in [7, 11) is -3.26. The van der Waals surface area contributed by atoms with Gasteiger partial charge in [0.2, 0.25) is 5.91 Å². The lowest BCUT2D eigenvalue weighted by molar-refractivity contribution is -0.117. The Morgan fingerprint density at radius 3 is 2.83 bits per heavy atom. The second-order valence-electron chi connectivity index (χ2n) is 3.86. The highest BCUT2D eigenvalue weighted by molar-refractivity contribution is 7.87. The average Bonchev–Trinajstić information content (AvgIpc) is 2.71.